The monoisotopic (exact) mass is 122 g/mol. The molecule has 0 aromatic carbocycles. The molecule has 0 aliphatic heterocycles. The molecule has 40 valence electrons. The predicted octanol–water partition coefficient (Wildman–Crippen LogP) is 1.41. The van der Waals surface area contributed by atoms with E-state index < -0.39 is 0 Å². The molecule has 0 aromatic rings. The molecule has 0 atom stereocenters. The van der Waals surface area contributed by atoms with Gasteiger partial charge in [-0.3, -0.25) is 0 Å². The number of hydrogen-bond donors (Lipinski definition) is 0. The van der Waals surface area contributed by atoms with Crippen molar-refractivity contribution in [3.8, 4) is 0 Å². The van der Waals surface area contributed by atoms with Crippen molar-refractivity contribution in [3.63, 3.8) is 0 Å². The van der Waals surface area contributed by atoms with E-state index in [4.69, 9.17) is 0 Å². The van der Waals surface area contributed by atoms with Gasteiger partial charge in [-0.15, -0.1) is 0 Å². The zero-order valence-corrected chi connectivity index (χ0v) is 4.72. The summed E-state index contributed by atoms with van der Waals surface area (Å²) in [6.07, 6.45) is 0. The molecule has 0 N–H and O–H groups in total. The van der Waals surface area contributed by atoms with Gasteiger partial charge in [0.25, 0.3) is 0 Å². The van der Waals surface area contributed by atoms with Gasteiger partial charge in [0.2, 0.25) is 0 Å². The van der Waals surface area contributed by atoms with Crippen molar-refractivity contribution in [1.82, 2.24) is 0 Å². The Balaban J connectivity index is -0.0000000133. The summed E-state index contributed by atoms with van der Waals surface area (Å²) in [6, 6.07) is 0. The van der Waals surface area contributed by atoms with Crippen LogP contribution in [0.3, 0.4) is 0 Å². The summed E-state index contributed by atoms with van der Waals surface area (Å²) >= 11 is 0. The quantitative estimate of drug-likeness (QED) is 0.337. The van der Waals surface area contributed by atoms with Gasteiger partial charge >= 0.3 is 17.1 Å². The van der Waals surface area contributed by atoms with Crippen LogP contribution in [0, 0.1) is 13.8 Å². The van der Waals surface area contributed by atoms with Crippen molar-refractivity contribution in [3.05, 3.63) is 13.8 Å². The van der Waals surface area contributed by atoms with E-state index in [1.165, 1.54) is 0 Å². The molecule has 0 rings (SSSR count). The molecule has 5 heavy (non-hydrogen) atoms. The molecule has 0 aliphatic rings. The summed E-state index contributed by atoms with van der Waals surface area (Å²) < 4.78 is 0. The van der Waals surface area contributed by atoms with Gasteiger partial charge in [0.15, 0.2) is 0 Å². The second-order valence-corrected chi connectivity index (χ2v) is 0. The fraction of sp³-hybridized carbons (Fsp3) is 0.500. The van der Waals surface area contributed by atoms with Gasteiger partial charge in [-0.1, -0.05) is 0 Å². The van der Waals surface area contributed by atoms with Crippen molar-refractivity contribution < 1.29 is 17.1 Å². The zero-order chi connectivity index (χ0) is 4.00. The maximum absolute atomic E-state index is 3.25. The summed E-state index contributed by atoms with van der Waals surface area (Å²) in [5.74, 6) is 0. The summed E-state index contributed by atoms with van der Waals surface area (Å²) in [7, 11) is 0. The fourth-order valence-corrected chi connectivity index (χ4v) is 0. The van der Waals surface area contributed by atoms with Gasteiger partial charge < -0.3 is 13.8 Å². The fourth-order valence-electron chi connectivity index (χ4n) is 0. The molecular formula is C4H11Cu-2. The minimum absolute atomic E-state index is 0. The van der Waals surface area contributed by atoms with E-state index in [0.29, 0.717) is 0 Å². The minimum atomic E-state index is 0. The Kier molecular flexibility index (Phi) is 737. The van der Waals surface area contributed by atoms with Crippen LogP contribution in [0.2, 0.25) is 0 Å². The van der Waals surface area contributed by atoms with Gasteiger partial charge in [-0.25, -0.2) is 0 Å². The van der Waals surface area contributed by atoms with Crippen LogP contribution >= 0.6 is 0 Å². The maximum atomic E-state index is 3.25. The normalized spacial score (nSPS) is 2.40. The third-order valence-electron chi connectivity index (χ3n) is 0. The van der Waals surface area contributed by atoms with Gasteiger partial charge in [-0.2, -0.15) is 13.8 Å². The first kappa shape index (κ1) is 17.8. The van der Waals surface area contributed by atoms with Crippen molar-refractivity contribution in [1.29, 1.82) is 0 Å². The molecule has 0 saturated carbocycles. The second kappa shape index (κ2) is 207. The van der Waals surface area contributed by atoms with E-state index in [2.05, 4.69) is 13.8 Å². The second-order valence-electron chi connectivity index (χ2n) is 0. The van der Waals surface area contributed by atoms with E-state index in [1.54, 1.807) is 13.8 Å². The first-order valence-corrected chi connectivity index (χ1v) is 1.41. The average molecular weight is 123 g/mol. The Bertz CT molecular complexity index is 3.61. The molecule has 0 saturated heterocycles. The van der Waals surface area contributed by atoms with Crippen LogP contribution in [-0.4, -0.2) is 0 Å². The zero-order valence-electron chi connectivity index (χ0n) is 3.73. The van der Waals surface area contributed by atoms with Crippen molar-refractivity contribution in [2.75, 3.05) is 0 Å². The number of rotatable bonds is 0. The van der Waals surface area contributed by atoms with Crippen LogP contribution in [0.1, 0.15) is 13.8 Å². The molecule has 0 aromatic heterocycles. The third-order valence-corrected chi connectivity index (χ3v) is 0. The molecule has 0 fully saturated rings. The standard InChI is InChI=1S/2C2H5.Cu.H/c2*1-2;;/h2*1H2,2H3;;/q2*-1;;. The summed E-state index contributed by atoms with van der Waals surface area (Å²) in [5, 5.41) is 0. The summed E-state index contributed by atoms with van der Waals surface area (Å²) in [5.41, 5.74) is 0. The first-order chi connectivity index (χ1) is 2.00. The molecule has 0 aliphatic carbocycles. The first-order valence-electron chi connectivity index (χ1n) is 1.41. The molecule has 0 spiro atoms. The van der Waals surface area contributed by atoms with E-state index >= 15 is 0 Å². The van der Waals surface area contributed by atoms with E-state index in [1.807, 2.05) is 0 Å². The summed E-state index contributed by atoms with van der Waals surface area (Å²) in [4.78, 5) is 0. The average Bonchev–Trinajstić information content (AvgIpc) is 1.50. The number of hydrogen-bond acceptors (Lipinski definition) is 0. The Morgan fingerprint density at radius 2 is 0.800 bits per heavy atom. The Morgan fingerprint density at radius 3 is 0.800 bits per heavy atom. The third kappa shape index (κ3) is 106. The van der Waals surface area contributed by atoms with Crippen molar-refractivity contribution in [2.45, 2.75) is 13.8 Å². The topological polar surface area (TPSA) is 0 Å². The SMILES string of the molecule is [CH2-]C.[CH2-]C.[CuH]. The van der Waals surface area contributed by atoms with Crippen LogP contribution in [0.25, 0.3) is 0 Å². The van der Waals surface area contributed by atoms with Crippen LogP contribution < -0.4 is 0 Å². The molecule has 0 nitrogen and oxygen atoms in total. The van der Waals surface area contributed by atoms with Crippen LogP contribution in [0.5, 0.6) is 0 Å². The van der Waals surface area contributed by atoms with E-state index in [-0.39, 0.29) is 17.1 Å². The molecule has 0 bridgehead atoms. The Hall–Kier alpha value is 0.519. The van der Waals surface area contributed by atoms with Crippen LogP contribution in [-0.2, 0) is 17.1 Å². The Morgan fingerprint density at radius 1 is 0.800 bits per heavy atom. The van der Waals surface area contributed by atoms with E-state index in [9.17, 15) is 0 Å². The van der Waals surface area contributed by atoms with Crippen molar-refractivity contribution in [2.24, 2.45) is 0 Å². The molecular weight excluding hydrogens is 112 g/mol. The van der Waals surface area contributed by atoms with Gasteiger partial charge in [-0.05, 0) is 0 Å². The molecule has 1 heteroatoms. The molecule has 0 amide bonds. The van der Waals surface area contributed by atoms with E-state index in [0.717, 1.165) is 0 Å². The molecule has 1 radical (unpaired) electrons. The Labute approximate surface area is 45.4 Å². The van der Waals surface area contributed by atoms with Crippen LogP contribution in [0.4, 0.5) is 0 Å². The molecule has 0 heterocycles. The van der Waals surface area contributed by atoms with Gasteiger partial charge in [0.1, 0.15) is 0 Å². The van der Waals surface area contributed by atoms with Crippen LogP contribution in [0.15, 0.2) is 0 Å². The van der Waals surface area contributed by atoms with Gasteiger partial charge in [0.05, 0.1) is 0 Å². The molecule has 0 unspecified atom stereocenters. The van der Waals surface area contributed by atoms with Crippen molar-refractivity contribution >= 4 is 0 Å². The van der Waals surface area contributed by atoms with Gasteiger partial charge in [0, 0.05) is 0 Å². The predicted molar refractivity (Wildman–Crippen MR) is 23.5 cm³/mol. The summed E-state index contributed by atoms with van der Waals surface area (Å²) in [6.45, 7) is 10.0.